The summed E-state index contributed by atoms with van der Waals surface area (Å²) in [6.45, 7) is 7.32. The van der Waals surface area contributed by atoms with Crippen molar-refractivity contribution in [1.82, 2.24) is 24.8 Å². The fourth-order valence-electron chi connectivity index (χ4n) is 7.15. The molecule has 1 atom stereocenters. The molecule has 322 valence electrons. The zero-order valence-electron chi connectivity index (χ0n) is 33.5. The van der Waals surface area contributed by atoms with Crippen LogP contribution in [-0.4, -0.2) is 94.7 Å². The Morgan fingerprint density at radius 2 is 1.73 bits per heavy atom. The molecule has 60 heavy (non-hydrogen) atoms. The summed E-state index contributed by atoms with van der Waals surface area (Å²) in [6, 6.07) is 11.1. The molecule has 4 heterocycles. The van der Waals surface area contributed by atoms with E-state index in [0.29, 0.717) is 50.3 Å². The number of nitrogens with one attached hydrogen (secondary N) is 2. The van der Waals surface area contributed by atoms with Gasteiger partial charge in [-0.3, -0.25) is 4.98 Å². The first kappa shape index (κ1) is 43.6. The summed E-state index contributed by atoms with van der Waals surface area (Å²) in [4.78, 5) is 34.9. The summed E-state index contributed by atoms with van der Waals surface area (Å²) < 4.78 is 77.3. The van der Waals surface area contributed by atoms with E-state index in [9.17, 15) is 22.0 Å². The van der Waals surface area contributed by atoms with Gasteiger partial charge in [0, 0.05) is 48.6 Å². The lowest BCUT2D eigenvalue weighted by molar-refractivity contribution is -0.287. The van der Waals surface area contributed by atoms with Crippen molar-refractivity contribution in [2.75, 3.05) is 59.0 Å². The molecule has 20 heteroatoms. The second-order valence-electron chi connectivity index (χ2n) is 15.9. The lowest BCUT2D eigenvalue weighted by Crippen LogP contribution is -2.50. The number of amides is 1. The number of sulfone groups is 1. The minimum Gasteiger partial charge on any atom is -0.463 e. The number of hydrogen-bond acceptors (Lipinski definition) is 14. The van der Waals surface area contributed by atoms with Crippen LogP contribution in [0.3, 0.4) is 0 Å². The molecule has 1 saturated carbocycles. The molecule has 2 aromatic heterocycles. The number of carbonyl (C=O) groups excluding carboxylic acids is 1. The predicted molar refractivity (Wildman–Crippen MR) is 230 cm³/mol. The van der Waals surface area contributed by atoms with Gasteiger partial charge in [-0.2, -0.15) is 15.0 Å². The number of hydrogen-bond donors (Lipinski definition) is 2. The fraction of sp³-hybridized carbons (Fsp3) is 0.475. The maximum Gasteiger partial charge on any atom is 0.586 e. The Labute approximate surface area is 366 Å². The number of alkyl halides is 3. The number of fused-ring (bicyclic) bond motifs is 1. The van der Waals surface area contributed by atoms with Crippen molar-refractivity contribution < 1.29 is 40.9 Å². The maximum atomic E-state index is 14.4. The van der Waals surface area contributed by atoms with E-state index in [-0.39, 0.29) is 56.3 Å². The number of aromatic nitrogens is 4. The second kappa shape index (κ2) is 17.8. The Morgan fingerprint density at radius 1 is 1.00 bits per heavy atom. The van der Waals surface area contributed by atoms with Gasteiger partial charge in [-0.15, -0.1) is 8.78 Å². The molecular formula is C40H46ClF2IN8O7S. The van der Waals surface area contributed by atoms with Gasteiger partial charge in [0.05, 0.1) is 39.6 Å². The van der Waals surface area contributed by atoms with Crippen LogP contribution >= 0.6 is 34.2 Å². The van der Waals surface area contributed by atoms with Gasteiger partial charge < -0.3 is 39.4 Å². The Hall–Kier alpha value is -4.50. The molecule has 0 unspecified atom stereocenters. The first-order chi connectivity index (χ1) is 28.4. The van der Waals surface area contributed by atoms with E-state index in [1.54, 1.807) is 23.1 Å². The molecule has 7 rings (SSSR count). The SMILES string of the molecule is CC(C)(C)OC(=O)N1CCN(c2nc(Nc3cc(S(C)(=O)=O)ccc3N[C@@H](c3cccc4c3OC(F)(F)O4)c3ncccc3Cl)nc(OC[C@H]3CC[C@H](CI)CC3)n2)CC1. The molecule has 0 spiro atoms. The number of benzene rings is 2. The van der Waals surface area contributed by atoms with Crippen LogP contribution in [0.4, 0.5) is 36.8 Å². The van der Waals surface area contributed by atoms with Crippen LogP contribution in [0.5, 0.6) is 17.5 Å². The zero-order valence-corrected chi connectivity index (χ0v) is 37.2. The second-order valence-corrected chi connectivity index (χ2v) is 19.2. The van der Waals surface area contributed by atoms with Crippen LogP contribution in [0.25, 0.3) is 0 Å². The van der Waals surface area contributed by atoms with Crippen molar-refractivity contribution in [2.24, 2.45) is 11.8 Å². The number of halogens is 4. The van der Waals surface area contributed by atoms with Gasteiger partial charge in [-0.1, -0.05) is 46.3 Å². The van der Waals surface area contributed by atoms with Crippen molar-refractivity contribution in [3.05, 3.63) is 71.0 Å². The van der Waals surface area contributed by atoms with Crippen molar-refractivity contribution in [3.8, 4) is 17.5 Å². The number of rotatable bonds is 12. The molecule has 2 aliphatic heterocycles. The molecule has 0 bridgehead atoms. The number of pyridine rings is 1. The van der Waals surface area contributed by atoms with Crippen molar-refractivity contribution in [3.63, 3.8) is 0 Å². The predicted octanol–water partition coefficient (Wildman–Crippen LogP) is 8.27. The molecule has 0 radical (unpaired) electrons. The summed E-state index contributed by atoms with van der Waals surface area (Å²) in [5.74, 6) is 0.939. The third kappa shape index (κ3) is 10.7. The van der Waals surface area contributed by atoms with Gasteiger partial charge in [0.2, 0.25) is 11.9 Å². The number of ether oxygens (including phenoxy) is 4. The van der Waals surface area contributed by atoms with Crippen LogP contribution in [0.2, 0.25) is 5.02 Å². The maximum absolute atomic E-state index is 14.4. The quantitative estimate of drug-likeness (QED) is 0.103. The summed E-state index contributed by atoms with van der Waals surface area (Å²) in [6.07, 6.45) is 2.57. The van der Waals surface area contributed by atoms with Gasteiger partial charge in [-0.05, 0) is 94.7 Å². The van der Waals surface area contributed by atoms with E-state index in [2.05, 4.69) is 48.2 Å². The van der Waals surface area contributed by atoms with Gasteiger partial charge in [0.1, 0.15) is 5.60 Å². The molecule has 4 aromatic rings. The molecule has 3 aliphatic rings. The smallest absolute Gasteiger partial charge is 0.463 e. The molecule has 1 saturated heterocycles. The highest BCUT2D eigenvalue weighted by Gasteiger charge is 2.45. The van der Waals surface area contributed by atoms with Crippen molar-refractivity contribution in [2.45, 2.75) is 69.3 Å². The molecular weight excluding hydrogens is 937 g/mol. The van der Waals surface area contributed by atoms with Crippen LogP contribution in [0, 0.1) is 11.8 Å². The molecule has 2 aromatic carbocycles. The highest BCUT2D eigenvalue weighted by Crippen LogP contribution is 2.48. The van der Waals surface area contributed by atoms with Gasteiger partial charge in [-0.25, -0.2) is 13.2 Å². The van der Waals surface area contributed by atoms with Crippen LogP contribution in [-0.2, 0) is 14.6 Å². The molecule has 15 nitrogen and oxygen atoms in total. The van der Waals surface area contributed by atoms with E-state index >= 15 is 0 Å². The Bertz CT molecular complexity index is 2310. The molecule has 2 N–H and O–H groups in total. The average molecular weight is 983 g/mol. The number of piperazine rings is 1. The normalized spacial score (nSPS) is 19.4. The Morgan fingerprint density at radius 3 is 2.42 bits per heavy atom. The van der Waals surface area contributed by atoms with E-state index < -0.39 is 33.9 Å². The average Bonchev–Trinajstić information content (AvgIpc) is 3.53. The minimum atomic E-state index is -3.91. The lowest BCUT2D eigenvalue weighted by atomic mass is 9.83. The summed E-state index contributed by atoms with van der Waals surface area (Å²) >= 11 is 9.11. The number of anilines is 4. The Kier molecular flexibility index (Phi) is 13.0. The molecule has 2 fully saturated rings. The standard InChI is InChI=1S/C40H46ClF2IN8O7S/c1-39(2,3)59-38(53)52-19-17-51(18-20-52)36-48-35(49-37(50-36)56-23-25-12-10-24(22-44)11-13-25)47-30-21-26(60(4,54)55)14-15-29(30)46-32(33-28(41)8-6-16-45-33)27-7-5-9-31-34(27)58-40(42,43)57-31/h5-9,14-16,21,24-25,32,46H,10-13,17-20,22-23H2,1-4H3,(H,47,48,49,50)/t24-,25-,32-/m0/s1. The third-order valence-electron chi connectivity index (χ3n) is 10.2. The monoisotopic (exact) mass is 982 g/mol. The van der Waals surface area contributed by atoms with Crippen molar-refractivity contribution >= 4 is 73.4 Å². The van der Waals surface area contributed by atoms with Gasteiger partial charge in [0.25, 0.3) is 0 Å². The summed E-state index contributed by atoms with van der Waals surface area (Å²) in [5.41, 5.74) is 0.356. The number of para-hydroxylation sites is 1. The van der Waals surface area contributed by atoms with Crippen LogP contribution < -0.4 is 29.7 Å². The first-order valence-corrected chi connectivity index (χ1v) is 23.3. The first-order valence-electron chi connectivity index (χ1n) is 19.5. The van der Waals surface area contributed by atoms with E-state index in [1.165, 1.54) is 36.5 Å². The number of carbonyl (C=O) groups is 1. The van der Waals surface area contributed by atoms with Crippen LogP contribution in [0.1, 0.15) is 63.8 Å². The third-order valence-corrected chi connectivity index (χ3v) is 12.9. The highest BCUT2D eigenvalue weighted by atomic mass is 127. The fourth-order valence-corrected chi connectivity index (χ4v) is 8.91. The summed E-state index contributed by atoms with van der Waals surface area (Å²) in [5, 5.41) is 6.74. The highest BCUT2D eigenvalue weighted by molar-refractivity contribution is 14.1. The topological polar surface area (TPSA) is 170 Å². The van der Waals surface area contributed by atoms with Crippen LogP contribution in [0.15, 0.2) is 59.6 Å². The minimum absolute atomic E-state index is 0.0222. The lowest BCUT2D eigenvalue weighted by Gasteiger charge is -2.35. The Balaban J connectivity index is 1.24. The molecule has 1 amide bonds. The largest absolute Gasteiger partial charge is 0.586 e. The zero-order chi connectivity index (χ0) is 42.8. The molecule has 1 aliphatic carbocycles. The summed E-state index contributed by atoms with van der Waals surface area (Å²) in [7, 11) is -3.73. The van der Waals surface area contributed by atoms with E-state index in [0.717, 1.165) is 36.4 Å². The van der Waals surface area contributed by atoms with Gasteiger partial charge in [0.15, 0.2) is 21.3 Å². The van der Waals surface area contributed by atoms with Gasteiger partial charge >= 0.3 is 18.4 Å². The van der Waals surface area contributed by atoms with E-state index in [4.69, 9.17) is 35.5 Å². The van der Waals surface area contributed by atoms with E-state index in [1.807, 2.05) is 25.7 Å². The number of nitrogens with zero attached hydrogens (tertiary/aromatic N) is 6. The van der Waals surface area contributed by atoms with Crippen molar-refractivity contribution in [1.29, 1.82) is 0 Å².